The van der Waals surface area contributed by atoms with Crippen LogP contribution in [0.4, 0.5) is 0 Å². The molecule has 4 rings (SSSR count). The third-order valence-corrected chi connectivity index (χ3v) is 5.00. The highest BCUT2D eigenvalue weighted by Gasteiger charge is 2.32. The smallest absolute Gasteiger partial charge is 0.131 e. The van der Waals surface area contributed by atoms with Crippen LogP contribution in [0, 0.1) is 0 Å². The van der Waals surface area contributed by atoms with Crippen molar-refractivity contribution >= 4 is 10.8 Å². The van der Waals surface area contributed by atoms with Gasteiger partial charge in [0.15, 0.2) is 0 Å². The minimum atomic E-state index is 0.312. The van der Waals surface area contributed by atoms with E-state index in [4.69, 9.17) is 9.47 Å². The second-order valence-corrected chi connectivity index (χ2v) is 6.55. The highest BCUT2D eigenvalue weighted by molar-refractivity contribution is 5.89. The molecule has 2 fully saturated rings. The minimum Gasteiger partial charge on any atom is -0.497 e. The third kappa shape index (κ3) is 2.66. The number of nitrogens with one attached hydrogen (secondary N) is 1. The fraction of sp³-hybridized carbons (Fsp3) is 0.474. The van der Waals surface area contributed by atoms with E-state index in [-0.39, 0.29) is 0 Å². The molecule has 0 amide bonds. The Kier molecular flexibility index (Phi) is 3.67. The summed E-state index contributed by atoms with van der Waals surface area (Å²) in [6.45, 7) is 0. The van der Waals surface area contributed by atoms with Gasteiger partial charge in [-0.25, -0.2) is 0 Å². The molecule has 0 saturated carbocycles. The Balaban J connectivity index is 1.63. The molecule has 2 aromatic rings. The van der Waals surface area contributed by atoms with Crippen molar-refractivity contribution in [2.45, 2.75) is 50.3 Å². The molecule has 2 aliphatic rings. The van der Waals surface area contributed by atoms with Gasteiger partial charge in [-0.2, -0.15) is 0 Å². The first kappa shape index (κ1) is 13.9. The maximum atomic E-state index is 6.43. The number of rotatable bonds is 3. The summed E-state index contributed by atoms with van der Waals surface area (Å²) in [5.74, 6) is 1.82. The van der Waals surface area contributed by atoms with Crippen LogP contribution in [0.25, 0.3) is 10.8 Å². The van der Waals surface area contributed by atoms with Gasteiger partial charge in [-0.1, -0.05) is 30.7 Å². The molecule has 3 nitrogen and oxygen atoms in total. The lowest BCUT2D eigenvalue weighted by atomic mass is 9.85. The second-order valence-electron chi connectivity index (χ2n) is 6.55. The molecule has 1 N–H and O–H groups in total. The Morgan fingerprint density at radius 3 is 2.59 bits per heavy atom. The van der Waals surface area contributed by atoms with Crippen molar-refractivity contribution in [3.63, 3.8) is 0 Å². The fourth-order valence-corrected chi connectivity index (χ4v) is 3.95. The first-order chi connectivity index (χ1) is 10.8. The lowest BCUT2D eigenvalue weighted by molar-refractivity contribution is 0.0938. The second kappa shape index (κ2) is 5.81. The van der Waals surface area contributed by atoms with Crippen LogP contribution in [0.5, 0.6) is 11.5 Å². The topological polar surface area (TPSA) is 30.5 Å². The van der Waals surface area contributed by atoms with Gasteiger partial charge in [0.2, 0.25) is 0 Å². The molecule has 116 valence electrons. The summed E-state index contributed by atoms with van der Waals surface area (Å²) < 4.78 is 11.9. The lowest BCUT2D eigenvalue weighted by Gasteiger charge is -2.40. The lowest BCUT2D eigenvalue weighted by Crippen LogP contribution is -2.51. The molecule has 0 unspecified atom stereocenters. The number of hydrogen-bond acceptors (Lipinski definition) is 3. The number of hydrogen-bond donors (Lipinski definition) is 1. The van der Waals surface area contributed by atoms with Crippen LogP contribution in [-0.4, -0.2) is 25.3 Å². The van der Waals surface area contributed by atoms with Gasteiger partial charge in [-0.05, 0) is 37.1 Å². The van der Waals surface area contributed by atoms with Crippen LogP contribution in [0.1, 0.15) is 32.1 Å². The molecule has 3 heteroatoms. The highest BCUT2D eigenvalue weighted by Crippen LogP contribution is 2.34. The predicted molar refractivity (Wildman–Crippen MR) is 88.7 cm³/mol. The molecule has 2 bridgehead atoms. The summed E-state index contributed by atoms with van der Waals surface area (Å²) in [5.41, 5.74) is 0. The normalized spacial score (nSPS) is 27.6. The molecule has 0 spiro atoms. The largest absolute Gasteiger partial charge is 0.497 e. The predicted octanol–water partition coefficient (Wildman–Crippen LogP) is 3.90. The Morgan fingerprint density at radius 2 is 1.82 bits per heavy atom. The molecule has 2 aromatic carbocycles. The van der Waals surface area contributed by atoms with E-state index < -0.39 is 0 Å². The summed E-state index contributed by atoms with van der Waals surface area (Å²) in [4.78, 5) is 0. The molecule has 22 heavy (non-hydrogen) atoms. The van der Waals surface area contributed by atoms with Crippen molar-refractivity contribution in [2.24, 2.45) is 0 Å². The Morgan fingerprint density at radius 1 is 1.05 bits per heavy atom. The van der Waals surface area contributed by atoms with Crippen molar-refractivity contribution in [1.29, 1.82) is 0 Å². The summed E-state index contributed by atoms with van der Waals surface area (Å²) in [6, 6.07) is 13.7. The number of fused-ring (bicyclic) bond motifs is 3. The van der Waals surface area contributed by atoms with Gasteiger partial charge in [0.1, 0.15) is 17.6 Å². The first-order valence-corrected chi connectivity index (χ1v) is 8.31. The number of methoxy groups -OCH3 is 1. The fourth-order valence-electron chi connectivity index (χ4n) is 3.95. The van der Waals surface area contributed by atoms with Crippen LogP contribution < -0.4 is 14.8 Å². The molecular weight excluding hydrogens is 274 g/mol. The van der Waals surface area contributed by atoms with E-state index in [0.29, 0.717) is 18.2 Å². The molecule has 2 aliphatic heterocycles. The van der Waals surface area contributed by atoms with E-state index in [1.807, 2.05) is 6.07 Å². The standard InChI is InChI=1S/C19H23NO2/c1-21-16-9-13-5-2-3-8-18(13)19(12-16)22-17-10-14-6-4-7-15(11-17)20-14/h2-3,5,8-9,12,14-15,17,20H,4,6-7,10-11H2,1H3/t14-,15+,17-. The molecule has 0 aliphatic carbocycles. The molecule has 2 heterocycles. The van der Waals surface area contributed by atoms with Gasteiger partial charge in [-0.3, -0.25) is 0 Å². The van der Waals surface area contributed by atoms with Crippen molar-refractivity contribution in [3.8, 4) is 11.5 Å². The number of ether oxygens (including phenoxy) is 2. The Bertz CT molecular complexity index is 658. The SMILES string of the molecule is COc1cc(O[C@@H]2C[C@H]3CCC[C@@H](C2)N3)c2ccccc2c1. The van der Waals surface area contributed by atoms with Gasteiger partial charge in [0.05, 0.1) is 7.11 Å². The van der Waals surface area contributed by atoms with Crippen molar-refractivity contribution in [3.05, 3.63) is 36.4 Å². The van der Waals surface area contributed by atoms with Crippen LogP contribution >= 0.6 is 0 Å². The average Bonchev–Trinajstić information content (AvgIpc) is 2.54. The van der Waals surface area contributed by atoms with Crippen LogP contribution in [0.2, 0.25) is 0 Å². The van der Waals surface area contributed by atoms with Gasteiger partial charge in [0, 0.05) is 23.5 Å². The van der Waals surface area contributed by atoms with E-state index in [0.717, 1.165) is 24.3 Å². The Hall–Kier alpha value is -1.74. The van der Waals surface area contributed by atoms with Gasteiger partial charge in [-0.15, -0.1) is 0 Å². The maximum absolute atomic E-state index is 6.43. The number of benzene rings is 2. The third-order valence-electron chi connectivity index (χ3n) is 5.00. The van der Waals surface area contributed by atoms with Crippen LogP contribution in [0.15, 0.2) is 36.4 Å². The monoisotopic (exact) mass is 297 g/mol. The van der Waals surface area contributed by atoms with Crippen LogP contribution in [-0.2, 0) is 0 Å². The van der Waals surface area contributed by atoms with E-state index in [2.05, 4.69) is 35.6 Å². The molecular formula is C19H23NO2. The molecule has 2 saturated heterocycles. The zero-order chi connectivity index (χ0) is 14.9. The van der Waals surface area contributed by atoms with E-state index in [9.17, 15) is 0 Å². The van der Waals surface area contributed by atoms with Crippen molar-refractivity contribution in [2.75, 3.05) is 7.11 Å². The quantitative estimate of drug-likeness (QED) is 0.932. The Labute approximate surface area is 131 Å². The van der Waals surface area contributed by atoms with E-state index in [1.54, 1.807) is 7.11 Å². The zero-order valence-electron chi connectivity index (χ0n) is 13.0. The highest BCUT2D eigenvalue weighted by atomic mass is 16.5. The molecule has 0 aromatic heterocycles. The van der Waals surface area contributed by atoms with Crippen LogP contribution in [0.3, 0.4) is 0 Å². The van der Waals surface area contributed by atoms with Gasteiger partial charge < -0.3 is 14.8 Å². The average molecular weight is 297 g/mol. The summed E-state index contributed by atoms with van der Waals surface area (Å²) in [5, 5.41) is 6.07. The minimum absolute atomic E-state index is 0.312. The zero-order valence-corrected chi connectivity index (χ0v) is 13.0. The maximum Gasteiger partial charge on any atom is 0.131 e. The van der Waals surface area contributed by atoms with Gasteiger partial charge >= 0.3 is 0 Å². The molecule has 0 radical (unpaired) electrons. The summed E-state index contributed by atoms with van der Waals surface area (Å²) in [6.07, 6.45) is 6.47. The van der Waals surface area contributed by atoms with E-state index in [1.165, 1.54) is 30.0 Å². The number of piperidine rings is 2. The summed E-state index contributed by atoms with van der Waals surface area (Å²) in [7, 11) is 1.71. The van der Waals surface area contributed by atoms with Crippen molar-refractivity contribution in [1.82, 2.24) is 5.32 Å². The van der Waals surface area contributed by atoms with E-state index >= 15 is 0 Å². The van der Waals surface area contributed by atoms with Crippen molar-refractivity contribution < 1.29 is 9.47 Å². The first-order valence-electron chi connectivity index (χ1n) is 8.31. The van der Waals surface area contributed by atoms with Gasteiger partial charge in [0.25, 0.3) is 0 Å². The summed E-state index contributed by atoms with van der Waals surface area (Å²) >= 11 is 0. The molecule has 3 atom stereocenters.